The molecular formula is C13H18N2O2S. The first-order chi connectivity index (χ1) is 8.54. The van der Waals surface area contributed by atoms with E-state index in [2.05, 4.69) is 24.5 Å². The summed E-state index contributed by atoms with van der Waals surface area (Å²) < 4.78 is 0. The number of carboxylic acids is 1. The minimum atomic E-state index is -0.807. The van der Waals surface area contributed by atoms with Crippen LogP contribution in [0.1, 0.15) is 26.7 Å². The first kappa shape index (κ1) is 13.1. The van der Waals surface area contributed by atoms with Crippen molar-refractivity contribution in [3.8, 4) is 0 Å². The van der Waals surface area contributed by atoms with Crippen molar-refractivity contribution in [2.75, 3.05) is 10.6 Å². The molecule has 0 bridgehead atoms. The average Bonchev–Trinajstić information content (AvgIpc) is 2.65. The molecule has 0 spiro atoms. The molecule has 0 amide bonds. The maximum Gasteiger partial charge on any atom is 0.308 e. The van der Waals surface area contributed by atoms with Crippen LogP contribution in [0.15, 0.2) is 24.3 Å². The normalized spacial score (nSPS) is 17.4. The topological polar surface area (TPSA) is 61.4 Å². The molecule has 1 aliphatic rings. The Balaban J connectivity index is 2.21. The van der Waals surface area contributed by atoms with Gasteiger partial charge >= 0.3 is 5.97 Å². The molecular weight excluding hydrogens is 248 g/mol. The Kier molecular flexibility index (Phi) is 3.71. The van der Waals surface area contributed by atoms with E-state index in [9.17, 15) is 4.79 Å². The summed E-state index contributed by atoms with van der Waals surface area (Å²) in [4.78, 5) is 10.5. The van der Waals surface area contributed by atoms with Gasteiger partial charge in [0, 0.05) is 5.25 Å². The standard InChI is InChI=1S/C13H18N2O2S/c1-3-9(2)18-13(8-12(16)17)14-10-6-4-5-7-11(10)15-13/h4-7,9,14-15H,3,8H2,1-2H3,(H,16,17). The molecule has 1 aromatic rings. The molecule has 0 fully saturated rings. The molecule has 5 heteroatoms. The van der Waals surface area contributed by atoms with Gasteiger partial charge in [0.25, 0.3) is 0 Å². The minimum Gasteiger partial charge on any atom is -0.481 e. The Hall–Kier alpha value is -1.36. The van der Waals surface area contributed by atoms with E-state index in [4.69, 9.17) is 5.11 Å². The lowest BCUT2D eigenvalue weighted by Gasteiger charge is -2.31. The fraction of sp³-hybridized carbons (Fsp3) is 0.462. The number of nitrogens with one attached hydrogen (secondary N) is 2. The third-order valence-electron chi connectivity index (χ3n) is 2.98. The van der Waals surface area contributed by atoms with E-state index in [1.807, 2.05) is 24.3 Å². The molecule has 2 rings (SSSR count). The van der Waals surface area contributed by atoms with Crippen molar-refractivity contribution in [2.45, 2.75) is 36.9 Å². The van der Waals surface area contributed by atoms with Crippen LogP contribution in [0.25, 0.3) is 0 Å². The van der Waals surface area contributed by atoms with Crippen LogP contribution in [0.5, 0.6) is 0 Å². The second-order valence-corrected chi connectivity index (χ2v) is 6.27. The Labute approximate surface area is 111 Å². The molecule has 18 heavy (non-hydrogen) atoms. The van der Waals surface area contributed by atoms with Gasteiger partial charge in [0.1, 0.15) is 0 Å². The van der Waals surface area contributed by atoms with Crippen LogP contribution in [-0.2, 0) is 4.79 Å². The quantitative estimate of drug-likeness (QED) is 0.764. The molecule has 0 saturated heterocycles. The van der Waals surface area contributed by atoms with E-state index >= 15 is 0 Å². The van der Waals surface area contributed by atoms with Gasteiger partial charge < -0.3 is 15.7 Å². The summed E-state index contributed by atoms with van der Waals surface area (Å²) in [6.07, 6.45) is 1.04. The summed E-state index contributed by atoms with van der Waals surface area (Å²) in [5.74, 6) is -0.807. The van der Waals surface area contributed by atoms with E-state index in [0.717, 1.165) is 17.8 Å². The maximum atomic E-state index is 11.1. The van der Waals surface area contributed by atoms with Crippen molar-refractivity contribution in [3.05, 3.63) is 24.3 Å². The molecule has 0 aromatic heterocycles. The largest absolute Gasteiger partial charge is 0.481 e. The lowest BCUT2D eigenvalue weighted by molar-refractivity contribution is -0.137. The lowest BCUT2D eigenvalue weighted by Crippen LogP contribution is -2.41. The van der Waals surface area contributed by atoms with Crippen LogP contribution in [0.3, 0.4) is 0 Å². The van der Waals surface area contributed by atoms with Crippen LogP contribution < -0.4 is 10.6 Å². The fourth-order valence-electron chi connectivity index (χ4n) is 2.00. The first-order valence-electron chi connectivity index (χ1n) is 6.09. The van der Waals surface area contributed by atoms with Gasteiger partial charge in [-0.25, -0.2) is 0 Å². The molecule has 98 valence electrons. The SMILES string of the molecule is CCC(C)SC1(CC(=O)O)Nc2ccccc2N1. The van der Waals surface area contributed by atoms with Crippen LogP contribution in [0.2, 0.25) is 0 Å². The molecule has 1 aliphatic heterocycles. The van der Waals surface area contributed by atoms with Gasteiger partial charge in [-0.05, 0) is 18.6 Å². The van der Waals surface area contributed by atoms with Crippen molar-refractivity contribution < 1.29 is 9.90 Å². The predicted octanol–water partition coefficient (Wildman–Crippen LogP) is 3.18. The van der Waals surface area contributed by atoms with Gasteiger partial charge in [0.2, 0.25) is 0 Å². The van der Waals surface area contributed by atoms with Crippen LogP contribution in [-0.4, -0.2) is 21.3 Å². The smallest absolute Gasteiger partial charge is 0.308 e. The van der Waals surface area contributed by atoms with E-state index in [1.165, 1.54) is 0 Å². The molecule has 0 aliphatic carbocycles. The van der Waals surface area contributed by atoms with Crippen LogP contribution >= 0.6 is 11.8 Å². The second-order valence-electron chi connectivity index (χ2n) is 4.53. The molecule has 1 aromatic carbocycles. The molecule has 4 nitrogen and oxygen atoms in total. The third-order valence-corrected chi connectivity index (χ3v) is 4.46. The Morgan fingerprint density at radius 2 is 1.94 bits per heavy atom. The number of hydrogen-bond donors (Lipinski definition) is 3. The summed E-state index contributed by atoms with van der Waals surface area (Å²) in [6.45, 7) is 4.22. The zero-order chi connectivity index (χ0) is 13.2. The van der Waals surface area contributed by atoms with Crippen molar-refractivity contribution in [1.29, 1.82) is 0 Å². The number of carbonyl (C=O) groups is 1. The van der Waals surface area contributed by atoms with Gasteiger partial charge in [0.15, 0.2) is 4.99 Å². The number of thioether (sulfide) groups is 1. The second kappa shape index (κ2) is 5.10. The molecule has 1 unspecified atom stereocenters. The Bertz CT molecular complexity index is 425. The highest BCUT2D eigenvalue weighted by Gasteiger charge is 2.39. The predicted molar refractivity (Wildman–Crippen MR) is 76.0 cm³/mol. The number of rotatable bonds is 5. The number of aliphatic carboxylic acids is 1. The number of benzene rings is 1. The average molecular weight is 266 g/mol. The number of para-hydroxylation sites is 2. The van der Waals surface area contributed by atoms with E-state index in [1.54, 1.807) is 11.8 Å². The number of anilines is 2. The van der Waals surface area contributed by atoms with E-state index in [-0.39, 0.29) is 6.42 Å². The highest BCUT2D eigenvalue weighted by molar-refractivity contribution is 8.01. The number of hydrogen-bond acceptors (Lipinski definition) is 4. The summed E-state index contributed by atoms with van der Waals surface area (Å²) in [7, 11) is 0. The Morgan fingerprint density at radius 1 is 1.39 bits per heavy atom. The Morgan fingerprint density at radius 3 is 2.39 bits per heavy atom. The van der Waals surface area contributed by atoms with E-state index < -0.39 is 11.0 Å². The van der Waals surface area contributed by atoms with E-state index in [0.29, 0.717) is 5.25 Å². The monoisotopic (exact) mass is 266 g/mol. The summed E-state index contributed by atoms with van der Waals surface area (Å²) in [5.41, 5.74) is 1.93. The molecule has 0 radical (unpaired) electrons. The maximum absolute atomic E-state index is 11.1. The van der Waals surface area contributed by atoms with Crippen LogP contribution in [0.4, 0.5) is 11.4 Å². The summed E-state index contributed by atoms with van der Waals surface area (Å²) in [6, 6.07) is 7.81. The highest BCUT2D eigenvalue weighted by atomic mass is 32.2. The van der Waals surface area contributed by atoms with Crippen molar-refractivity contribution in [3.63, 3.8) is 0 Å². The van der Waals surface area contributed by atoms with Gasteiger partial charge in [-0.1, -0.05) is 26.0 Å². The van der Waals surface area contributed by atoms with Crippen molar-refractivity contribution >= 4 is 29.1 Å². The highest BCUT2D eigenvalue weighted by Crippen LogP contribution is 2.43. The zero-order valence-electron chi connectivity index (χ0n) is 10.6. The van der Waals surface area contributed by atoms with Gasteiger partial charge in [-0.3, -0.25) is 4.79 Å². The molecule has 1 heterocycles. The fourth-order valence-corrected chi connectivity index (χ4v) is 3.39. The molecule has 3 N–H and O–H groups in total. The van der Waals surface area contributed by atoms with Crippen molar-refractivity contribution in [2.24, 2.45) is 0 Å². The molecule has 0 saturated carbocycles. The zero-order valence-corrected chi connectivity index (χ0v) is 11.4. The van der Waals surface area contributed by atoms with Gasteiger partial charge in [-0.15, -0.1) is 11.8 Å². The molecule has 1 atom stereocenters. The van der Waals surface area contributed by atoms with Crippen molar-refractivity contribution in [1.82, 2.24) is 0 Å². The van der Waals surface area contributed by atoms with Gasteiger partial charge in [0.05, 0.1) is 17.8 Å². The third kappa shape index (κ3) is 2.72. The van der Waals surface area contributed by atoms with Crippen LogP contribution in [0, 0.1) is 0 Å². The first-order valence-corrected chi connectivity index (χ1v) is 6.97. The lowest BCUT2D eigenvalue weighted by atomic mass is 10.3. The number of carboxylic acid groups (broad SMARTS) is 1. The summed E-state index contributed by atoms with van der Waals surface area (Å²) in [5, 5.41) is 16.1. The number of fused-ring (bicyclic) bond motifs is 1. The summed E-state index contributed by atoms with van der Waals surface area (Å²) >= 11 is 1.64. The minimum absolute atomic E-state index is 0.0384. The van der Waals surface area contributed by atoms with Gasteiger partial charge in [-0.2, -0.15) is 0 Å².